The number of ketones is 1. The van der Waals surface area contributed by atoms with Crippen molar-refractivity contribution in [2.24, 2.45) is 0 Å². The topological polar surface area (TPSA) is 65.2 Å². The van der Waals surface area contributed by atoms with Crippen LogP contribution in [0.5, 0.6) is 0 Å². The van der Waals surface area contributed by atoms with E-state index in [4.69, 9.17) is 9.26 Å². The molecule has 4 heterocycles. The molecule has 3 saturated heterocycles. The van der Waals surface area contributed by atoms with Gasteiger partial charge in [-0.25, -0.2) is 0 Å². The highest BCUT2D eigenvalue weighted by Crippen LogP contribution is 2.43. The second kappa shape index (κ2) is 4.06. The third-order valence-electron chi connectivity index (χ3n) is 4.11. The van der Waals surface area contributed by atoms with Crippen LogP contribution in [0.25, 0.3) is 0 Å². The van der Waals surface area contributed by atoms with E-state index in [9.17, 15) is 4.79 Å². The molecule has 0 spiro atoms. The van der Waals surface area contributed by atoms with E-state index in [1.807, 2.05) is 0 Å². The van der Waals surface area contributed by atoms with Gasteiger partial charge in [-0.05, 0) is 19.3 Å². The standard InChI is InChI=1S/C12H14N2O3S/c15-9-5-18-4-8(9)12-13-11(14-17-12)7-3-6-1-2-10(7)16-6/h6-8,10H,1-5H2. The summed E-state index contributed by atoms with van der Waals surface area (Å²) in [4.78, 5) is 16.1. The van der Waals surface area contributed by atoms with Crippen LogP contribution in [0.1, 0.15) is 42.8 Å². The first kappa shape index (κ1) is 11.0. The Kier molecular flexibility index (Phi) is 2.48. The minimum Gasteiger partial charge on any atom is -0.374 e. The van der Waals surface area contributed by atoms with E-state index in [1.165, 1.54) is 0 Å². The predicted octanol–water partition coefficient (Wildman–Crippen LogP) is 1.50. The molecule has 2 bridgehead atoms. The van der Waals surface area contributed by atoms with Crippen molar-refractivity contribution in [1.29, 1.82) is 0 Å². The Bertz CT molecular complexity index is 489. The maximum atomic E-state index is 11.7. The molecule has 0 amide bonds. The second-order valence-corrected chi connectivity index (χ2v) is 6.27. The van der Waals surface area contributed by atoms with Crippen LogP contribution in [0.15, 0.2) is 4.52 Å². The van der Waals surface area contributed by atoms with E-state index in [1.54, 1.807) is 11.8 Å². The molecule has 18 heavy (non-hydrogen) atoms. The molecule has 3 aliphatic rings. The normalized spacial score (nSPS) is 38.8. The van der Waals surface area contributed by atoms with Crippen LogP contribution in [-0.2, 0) is 9.53 Å². The van der Waals surface area contributed by atoms with Crippen molar-refractivity contribution < 1.29 is 14.1 Å². The minimum absolute atomic E-state index is 0.184. The van der Waals surface area contributed by atoms with Crippen molar-refractivity contribution in [3.05, 3.63) is 11.7 Å². The van der Waals surface area contributed by atoms with Gasteiger partial charge in [0.1, 0.15) is 5.92 Å². The second-order valence-electron chi connectivity index (χ2n) is 5.24. The average molecular weight is 266 g/mol. The molecule has 4 unspecified atom stereocenters. The first-order valence-corrected chi connectivity index (χ1v) is 7.56. The maximum Gasteiger partial charge on any atom is 0.238 e. The summed E-state index contributed by atoms with van der Waals surface area (Å²) in [6.07, 6.45) is 3.89. The van der Waals surface area contributed by atoms with Crippen molar-refractivity contribution >= 4 is 17.5 Å². The summed E-state index contributed by atoms with van der Waals surface area (Å²) in [5.41, 5.74) is 0. The van der Waals surface area contributed by atoms with Crippen molar-refractivity contribution in [1.82, 2.24) is 10.1 Å². The van der Waals surface area contributed by atoms with Crippen molar-refractivity contribution in [2.45, 2.75) is 43.3 Å². The number of hydrogen-bond acceptors (Lipinski definition) is 6. The molecule has 0 saturated carbocycles. The summed E-state index contributed by atoms with van der Waals surface area (Å²) in [5, 5.41) is 4.07. The highest BCUT2D eigenvalue weighted by molar-refractivity contribution is 8.00. The van der Waals surface area contributed by atoms with Gasteiger partial charge in [0.05, 0.1) is 23.9 Å². The van der Waals surface area contributed by atoms with Crippen molar-refractivity contribution in [3.63, 3.8) is 0 Å². The van der Waals surface area contributed by atoms with E-state index in [-0.39, 0.29) is 23.7 Å². The molecule has 0 aliphatic carbocycles. The van der Waals surface area contributed by atoms with Gasteiger partial charge < -0.3 is 9.26 Å². The summed E-state index contributed by atoms with van der Waals surface area (Å²) in [6, 6.07) is 0. The largest absolute Gasteiger partial charge is 0.374 e. The van der Waals surface area contributed by atoms with Crippen LogP contribution in [0.4, 0.5) is 0 Å². The van der Waals surface area contributed by atoms with Crippen LogP contribution < -0.4 is 0 Å². The van der Waals surface area contributed by atoms with E-state index in [2.05, 4.69) is 10.1 Å². The first-order chi connectivity index (χ1) is 8.81. The lowest BCUT2D eigenvalue weighted by Gasteiger charge is -2.13. The number of fused-ring (bicyclic) bond motifs is 2. The van der Waals surface area contributed by atoms with E-state index in [0.717, 1.165) is 30.8 Å². The molecule has 1 aromatic rings. The smallest absolute Gasteiger partial charge is 0.238 e. The Morgan fingerprint density at radius 1 is 1.33 bits per heavy atom. The zero-order valence-corrected chi connectivity index (χ0v) is 10.7. The van der Waals surface area contributed by atoms with E-state index in [0.29, 0.717) is 17.7 Å². The minimum atomic E-state index is -0.184. The fraction of sp³-hybridized carbons (Fsp3) is 0.750. The molecule has 5 nitrogen and oxygen atoms in total. The number of rotatable bonds is 2. The van der Waals surface area contributed by atoms with Crippen LogP contribution in [-0.4, -0.2) is 39.6 Å². The lowest BCUT2D eigenvalue weighted by Crippen LogP contribution is -2.16. The fourth-order valence-corrected chi connectivity index (χ4v) is 4.21. The summed E-state index contributed by atoms with van der Waals surface area (Å²) < 4.78 is 11.1. The van der Waals surface area contributed by atoms with Crippen molar-refractivity contribution in [2.75, 3.05) is 11.5 Å². The number of carbonyl (C=O) groups is 1. The molecule has 6 heteroatoms. The Morgan fingerprint density at radius 2 is 2.28 bits per heavy atom. The average Bonchev–Trinajstić information content (AvgIpc) is 3.12. The van der Waals surface area contributed by atoms with Crippen LogP contribution in [0.3, 0.4) is 0 Å². The van der Waals surface area contributed by atoms with Gasteiger partial charge in [0.2, 0.25) is 5.89 Å². The summed E-state index contributed by atoms with van der Waals surface area (Å²) >= 11 is 1.64. The van der Waals surface area contributed by atoms with Crippen LogP contribution >= 0.6 is 11.8 Å². The van der Waals surface area contributed by atoms with Crippen LogP contribution in [0, 0.1) is 0 Å². The van der Waals surface area contributed by atoms with Gasteiger partial charge in [0.15, 0.2) is 11.6 Å². The van der Waals surface area contributed by atoms with Gasteiger partial charge in [-0.15, -0.1) is 0 Å². The number of hydrogen-bond donors (Lipinski definition) is 0. The molecule has 4 atom stereocenters. The Morgan fingerprint density at radius 3 is 2.94 bits per heavy atom. The van der Waals surface area contributed by atoms with Crippen molar-refractivity contribution in [3.8, 4) is 0 Å². The molecule has 0 N–H and O–H groups in total. The number of nitrogens with zero attached hydrogens (tertiary/aromatic N) is 2. The van der Waals surface area contributed by atoms with E-state index < -0.39 is 0 Å². The first-order valence-electron chi connectivity index (χ1n) is 6.40. The number of Topliss-reactive ketones (excluding diaryl/α,β-unsaturated/α-hetero) is 1. The number of ether oxygens (including phenoxy) is 1. The summed E-state index contributed by atoms with van der Waals surface area (Å²) in [5.74, 6) is 2.87. The highest BCUT2D eigenvalue weighted by Gasteiger charge is 2.44. The monoisotopic (exact) mass is 266 g/mol. The number of thioether (sulfide) groups is 1. The third-order valence-corrected chi connectivity index (χ3v) is 5.17. The molecule has 3 fully saturated rings. The fourth-order valence-electron chi connectivity index (χ4n) is 3.13. The Hall–Kier alpha value is -0.880. The van der Waals surface area contributed by atoms with Gasteiger partial charge in [-0.1, -0.05) is 5.16 Å². The quantitative estimate of drug-likeness (QED) is 0.808. The molecular formula is C12H14N2O3S. The lowest BCUT2D eigenvalue weighted by atomic mass is 9.89. The zero-order chi connectivity index (χ0) is 12.1. The molecular weight excluding hydrogens is 252 g/mol. The number of carbonyl (C=O) groups excluding carboxylic acids is 1. The molecule has 96 valence electrons. The van der Waals surface area contributed by atoms with Crippen LogP contribution in [0.2, 0.25) is 0 Å². The van der Waals surface area contributed by atoms with Gasteiger partial charge in [-0.3, -0.25) is 4.79 Å². The predicted molar refractivity (Wildman–Crippen MR) is 64.6 cm³/mol. The summed E-state index contributed by atoms with van der Waals surface area (Å²) in [6.45, 7) is 0. The highest BCUT2D eigenvalue weighted by atomic mass is 32.2. The molecule has 0 aromatic carbocycles. The zero-order valence-electron chi connectivity index (χ0n) is 9.87. The van der Waals surface area contributed by atoms with Gasteiger partial charge in [0.25, 0.3) is 0 Å². The molecule has 3 aliphatic heterocycles. The molecule has 4 rings (SSSR count). The third kappa shape index (κ3) is 1.62. The van der Waals surface area contributed by atoms with E-state index >= 15 is 0 Å². The van der Waals surface area contributed by atoms with Gasteiger partial charge in [-0.2, -0.15) is 16.7 Å². The van der Waals surface area contributed by atoms with Gasteiger partial charge >= 0.3 is 0 Å². The van der Waals surface area contributed by atoms with Gasteiger partial charge in [0, 0.05) is 5.75 Å². The molecule has 0 radical (unpaired) electrons. The molecule has 1 aromatic heterocycles. The SMILES string of the molecule is O=C1CSCC1c1nc(C2CC3CCC2O3)no1. The Labute approximate surface area is 109 Å². The lowest BCUT2D eigenvalue weighted by molar-refractivity contribution is -0.117. The Balaban J connectivity index is 1.57. The number of aromatic nitrogens is 2. The maximum absolute atomic E-state index is 11.7. The summed E-state index contributed by atoms with van der Waals surface area (Å²) in [7, 11) is 0.